The van der Waals surface area contributed by atoms with Crippen LogP contribution >= 0.6 is 23.2 Å². The third kappa shape index (κ3) is 3.70. The summed E-state index contributed by atoms with van der Waals surface area (Å²) in [5.41, 5.74) is 2.30. The average molecular weight is 343 g/mol. The summed E-state index contributed by atoms with van der Waals surface area (Å²) in [5.74, 6) is -0.0896. The van der Waals surface area contributed by atoms with Crippen LogP contribution in [0.4, 0.5) is 0 Å². The number of rotatable bonds is 4. The van der Waals surface area contributed by atoms with Crippen LogP contribution in [-0.2, 0) is 0 Å². The number of ketones is 1. The summed E-state index contributed by atoms with van der Waals surface area (Å²) in [6.07, 6.45) is 8.45. The quantitative estimate of drug-likeness (QED) is 0.489. The van der Waals surface area contributed by atoms with E-state index < -0.39 is 0 Å². The summed E-state index contributed by atoms with van der Waals surface area (Å²) < 4.78 is 1.87. The van der Waals surface area contributed by atoms with Gasteiger partial charge in [0, 0.05) is 33.7 Å². The fourth-order valence-electron chi connectivity index (χ4n) is 2.11. The van der Waals surface area contributed by atoms with Crippen molar-refractivity contribution in [2.24, 2.45) is 0 Å². The SMILES string of the molecule is O=C(/C=C/c1ccc(Cl)cc1Cl)c1ccc(-n2ccnc2)cc1. The Morgan fingerprint density at radius 1 is 1.09 bits per heavy atom. The molecule has 0 radical (unpaired) electrons. The van der Waals surface area contributed by atoms with Gasteiger partial charge in [-0.3, -0.25) is 4.79 Å². The summed E-state index contributed by atoms with van der Waals surface area (Å²) >= 11 is 11.9. The van der Waals surface area contributed by atoms with Crippen LogP contribution < -0.4 is 0 Å². The standard InChI is InChI=1S/C18H12Cl2N2O/c19-15-5-1-13(17(20)11-15)4-8-18(23)14-2-6-16(7-3-14)22-10-9-21-12-22/h1-12H/b8-4+. The molecule has 5 heteroatoms. The number of imidazole rings is 1. The van der Waals surface area contributed by atoms with Crippen molar-refractivity contribution in [3.8, 4) is 5.69 Å². The number of carbonyl (C=O) groups excluding carboxylic acids is 1. The number of hydrogen-bond acceptors (Lipinski definition) is 2. The van der Waals surface area contributed by atoms with Gasteiger partial charge in [0.1, 0.15) is 0 Å². The molecule has 3 rings (SSSR count). The Hall–Kier alpha value is -2.36. The molecule has 0 amide bonds. The lowest BCUT2D eigenvalue weighted by molar-refractivity contribution is 0.104. The van der Waals surface area contributed by atoms with Crippen LogP contribution in [0.3, 0.4) is 0 Å². The normalized spacial score (nSPS) is 11.0. The maximum absolute atomic E-state index is 12.2. The number of carbonyl (C=O) groups is 1. The summed E-state index contributed by atoms with van der Waals surface area (Å²) in [6, 6.07) is 12.5. The molecule has 3 nitrogen and oxygen atoms in total. The monoisotopic (exact) mass is 342 g/mol. The van der Waals surface area contributed by atoms with E-state index in [0.717, 1.165) is 11.3 Å². The second kappa shape index (κ2) is 6.82. The minimum atomic E-state index is -0.0896. The third-order valence-electron chi connectivity index (χ3n) is 3.33. The topological polar surface area (TPSA) is 34.9 Å². The fourth-order valence-corrected chi connectivity index (χ4v) is 2.58. The van der Waals surface area contributed by atoms with Crippen molar-refractivity contribution < 1.29 is 4.79 Å². The Bertz CT molecular complexity index is 853. The highest BCUT2D eigenvalue weighted by Crippen LogP contribution is 2.22. The first-order chi connectivity index (χ1) is 11.1. The van der Waals surface area contributed by atoms with E-state index >= 15 is 0 Å². The van der Waals surface area contributed by atoms with E-state index in [9.17, 15) is 4.79 Å². The van der Waals surface area contributed by atoms with E-state index in [1.54, 1.807) is 48.9 Å². The van der Waals surface area contributed by atoms with Gasteiger partial charge >= 0.3 is 0 Å². The molecular weight excluding hydrogens is 331 g/mol. The Kier molecular flexibility index (Phi) is 4.60. The molecule has 23 heavy (non-hydrogen) atoms. The molecule has 114 valence electrons. The first kappa shape index (κ1) is 15.5. The van der Waals surface area contributed by atoms with Gasteiger partial charge in [-0.05, 0) is 54.1 Å². The van der Waals surface area contributed by atoms with Crippen molar-refractivity contribution in [3.05, 3.63) is 88.4 Å². The maximum atomic E-state index is 12.2. The molecule has 0 spiro atoms. The van der Waals surface area contributed by atoms with Crippen molar-refractivity contribution in [1.82, 2.24) is 9.55 Å². The maximum Gasteiger partial charge on any atom is 0.185 e. The number of allylic oxidation sites excluding steroid dienone is 1. The molecule has 3 aromatic rings. The van der Waals surface area contributed by atoms with Crippen LogP contribution in [0.1, 0.15) is 15.9 Å². The molecule has 0 saturated carbocycles. The highest BCUT2D eigenvalue weighted by Gasteiger charge is 2.04. The average Bonchev–Trinajstić information content (AvgIpc) is 3.08. The van der Waals surface area contributed by atoms with Crippen molar-refractivity contribution in [2.75, 3.05) is 0 Å². The van der Waals surface area contributed by atoms with Crippen LogP contribution in [-0.4, -0.2) is 15.3 Å². The van der Waals surface area contributed by atoms with Crippen LogP contribution in [0.15, 0.2) is 67.3 Å². The molecule has 0 aliphatic heterocycles. The number of aromatic nitrogens is 2. The molecule has 1 aromatic heterocycles. The van der Waals surface area contributed by atoms with Gasteiger partial charge in [0.2, 0.25) is 0 Å². The van der Waals surface area contributed by atoms with Crippen molar-refractivity contribution in [3.63, 3.8) is 0 Å². The summed E-state index contributed by atoms with van der Waals surface area (Å²) in [7, 11) is 0. The number of hydrogen-bond donors (Lipinski definition) is 0. The molecule has 2 aromatic carbocycles. The predicted octanol–water partition coefficient (Wildman–Crippen LogP) is 5.08. The molecule has 1 heterocycles. The third-order valence-corrected chi connectivity index (χ3v) is 3.89. The lowest BCUT2D eigenvalue weighted by Crippen LogP contribution is -1.96. The fraction of sp³-hybridized carbons (Fsp3) is 0. The molecule has 0 aliphatic carbocycles. The summed E-state index contributed by atoms with van der Waals surface area (Å²) in [4.78, 5) is 16.2. The van der Waals surface area contributed by atoms with Crippen LogP contribution in [0.25, 0.3) is 11.8 Å². The largest absolute Gasteiger partial charge is 0.306 e. The van der Waals surface area contributed by atoms with E-state index in [1.807, 2.05) is 22.9 Å². The summed E-state index contributed by atoms with van der Waals surface area (Å²) in [5, 5.41) is 1.07. The lowest BCUT2D eigenvalue weighted by atomic mass is 10.1. The van der Waals surface area contributed by atoms with Gasteiger partial charge in [0.15, 0.2) is 5.78 Å². The van der Waals surface area contributed by atoms with Gasteiger partial charge < -0.3 is 4.57 Å². The first-order valence-corrected chi connectivity index (χ1v) is 7.65. The van der Waals surface area contributed by atoms with Gasteiger partial charge in [0.25, 0.3) is 0 Å². The summed E-state index contributed by atoms with van der Waals surface area (Å²) in [6.45, 7) is 0. The molecular formula is C18H12Cl2N2O. The molecule has 0 fully saturated rings. The molecule has 0 aliphatic rings. The zero-order valence-electron chi connectivity index (χ0n) is 12.0. The van der Waals surface area contributed by atoms with E-state index in [0.29, 0.717) is 15.6 Å². The Labute approximate surface area is 143 Å². The second-order valence-electron chi connectivity index (χ2n) is 4.88. The van der Waals surface area contributed by atoms with Crippen LogP contribution in [0, 0.1) is 0 Å². The number of nitrogens with zero attached hydrogens (tertiary/aromatic N) is 2. The minimum Gasteiger partial charge on any atom is -0.306 e. The number of halogens is 2. The molecule has 0 atom stereocenters. The van der Waals surface area contributed by atoms with Gasteiger partial charge in [-0.15, -0.1) is 0 Å². The van der Waals surface area contributed by atoms with Crippen LogP contribution in [0.2, 0.25) is 10.0 Å². The van der Waals surface area contributed by atoms with Gasteiger partial charge in [-0.25, -0.2) is 4.98 Å². The molecule has 0 saturated heterocycles. The highest BCUT2D eigenvalue weighted by atomic mass is 35.5. The van der Waals surface area contributed by atoms with Crippen LogP contribution in [0.5, 0.6) is 0 Å². The van der Waals surface area contributed by atoms with E-state index in [4.69, 9.17) is 23.2 Å². The second-order valence-corrected chi connectivity index (χ2v) is 5.72. The zero-order valence-corrected chi connectivity index (χ0v) is 13.5. The predicted molar refractivity (Wildman–Crippen MR) is 93.4 cm³/mol. The lowest BCUT2D eigenvalue weighted by Gasteiger charge is -2.03. The number of benzene rings is 2. The van der Waals surface area contributed by atoms with Crippen molar-refractivity contribution in [1.29, 1.82) is 0 Å². The van der Waals surface area contributed by atoms with E-state index in [1.165, 1.54) is 6.08 Å². The first-order valence-electron chi connectivity index (χ1n) is 6.89. The molecule has 0 N–H and O–H groups in total. The van der Waals surface area contributed by atoms with E-state index in [-0.39, 0.29) is 5.78 Å². The Morgan fingerprint density at radius 2 is 1.87 bits per heavy atom. The minimum absolute atomic E-state index is 0.0896. The highest BCUT2D eigenvalue weighted by molar-refractivity contribution is 6.35. The van der Waals surface area contributed by atoms with Gasteiger partial charge in [0.05, 0.1) is 6.33 Å². The Morgan fingerprint density at radius 3 is 2.52 bits per heavy atom. The Balaban J connectivity index is 1.76. The molecule has 0 unspecified atom stereocenters. The van der Waals surface area contributed by atoms with Gasteiger partial charge in [-0.1, -0.05) is 29.3 Å². The zero-order chi connectivity index (χ0) is 16.2. The van der Waals surface area contributed by atoms with Crippen molar-refractivity contribution >= 4 is 35.1 Å². The smallest absolute Gasteiger partial charge is 0.185 e. The van der Waals surface area contributed by atoms with Crippen molar-refractivity contribution in [2.45, 2.75) is 0 Å². The molecule has 0 bridgehead atoms. The van der Waals surface area contributed by atoms with E-state index in [2.05, 4.69) is 4.98 Å². The van der Waals surface area contributed by atoms with Gasteiger partial charge in [-0.2, -0.15) is 0 Å².